The monoisotopic (exact) mass is 406 g/mol. The molecular weight excluding hydrogens is 381 g/mol. The van der Waals surface area contributed by atoms with Crippen LogP contribution in [0.5, 0.6) is 5.75 Å². The predicted octanol–water partition coefficient (Wildman–Crippen LogP) is 6.34. The van der Waals surface area contributed by atoms with E-state index in [9.17, 15) is 18.0 Å². The van der Waals surface area contributed by atoms with Crippen molar-refractivity contribution in [2.45, 2.75) is 52.8 Å². The predicted molar refractivity (Wildman–Crippen MR) is 104 cm³/mol. The molecule has 1 aliphatic rings. The zero-order valence-electron chi connectivity index (χ0n) is 17.0. The molecule has 2 aromatic carbocycles. The molecule has 0 radical (unpaired) electrons. The molecule has 29 heavy (non-hydrogen) atoms. The van der Waals surface area contributed by atoms with Crippen LogP contribution in [0.15, 0.2) is 30.3 Å². The number of benzene rings is 2. The normalized spacial score (nSPS) is 19.8. The zero-order chi connectivity index (χ0) is 21.3. The van der Waals surface area contributed by atoms with Crippen molar-refractivity contribution in [1.82, 2.24) is 0 Å². The summed E-state index contributed by atoms with van der Waals surface area (Å²) in [5.74, 6) is -0.249. The first kappa shape index (κ1) is 21.4. The van der Waals surface area contributed by atoms with Crippen LogP contribution >= 0.6 is 0 Å². The summed E-state index contributed by atoms with van der Waals surface area (Å²) >= 11 is 0. The molecule has 6 heteroatoms. The average molecular weight is 406 g/mol. The van der Waals surface area contributed by atoms with Crippen LogP contribution in [-0.4, -0.2) is 12.6 Å². The van der Waals surface area contributed by atoms with Gasteiger partial charge in [-0.2, -0.15) is 13.2 Å². The Hall–Kier alpha value is -2.34. The van der Waals surface area contributed by atoms with E-state index >= 15 is 0 Å². The van der Waals surface area contributed by atoms with Gasteiger partial charge in [-0.05, 0) is 73.9 Å². The quantitative estimate of drug-likeness (QED) is 0.441. The topological polar surface area (TPSA) is 35.5 Å². The number of carbonyl (C=O) groups excluding carboxylic acids is 1. The highest BCUT2D eigenvalue weighted by Gasteiger charge is 2.33. The molecule has 2 aromatic rings. The van der Waals surface area contributed by atoms with Crippen LogP contribution in [0.1, 0.15) is 64.0 Å². The Morgan fingerprint density at radius 1 is 1.03 bits per heavy atom. The molecule has 0 amide bonds. The minimum absolute atomic E-state index is 0.000104. The average Bonchev–Trinajstić information content (AvgIpc) is 2.62. The van der Waals surface area contributed by atoms with Gasteiger partial charge >= 0.3 is 12.1 Å². The van der Waals surface area contributed by atoms with Crippen molar-refractivity contribution in [3.8, 4) is 5.75 Å². The summed E-state index contributed by atoms with van der Waals surface area (Å²) in [6.45, 7) is 7.84. The molecule has 0 aliphatic carbocycles. The van der Waals surface area contributed by atoms with Crippen molar-refractivity contribution in [3.05, 3.63) is 63.7 Å². The van der Waals surface area contributed by atoms with Crippen LogP contribution in [0.3, 0.4) is 0 Å². The third-order valence-electron chi connectivity index (χ3n) is 5.36. The van der Waals surface area contributed by atoms with Crippen LogP contribution in [0.2, 0.25) is 0 Å². The van der Waals surface area contributed by atoms with Crippen molar-refractivity contribution in [2.24, 2.45) is 5.92 Å². The van der Waals surface area contributed by atoms with Gasteiger partial charge in [-0.25, -0.2) is 4.79 Å². The third kappa shape index (κ3) is 4.81. The molecule has 3 nitrogen and oxygen atoms in total. The van der Waals surface area contributed by atoms with E-state index < -0.39 is 17.7 Å². The molecule has 1 aliphatic heterocycles. The summed E-state index contributed by atoms with van der Waals surface area (Å²) in [4.78, 5) is 12.7. The summed E-state index contributed by atoms with van der Waals surface area (Å²) in [6.07, 6.45) is -2.49. The second-order valence-electron chi connectivity index (χ2n) is 7.90. The van der Waals surface area contributed by atoms with Gasteiger partial charge in [-0.1, -0.05) is 25.1 Å². The van der Waals surface area contributed by atoms with Gasteiger partial charge in [0, 0.05) is 6.61 Å². The Bertz CT molecular complexity index is 887. The van der Waals surface area contributed by atoms with E-state index in [4.69, 9.17) is 9.47 Å². The Morgan fingerprint density at radius 2 is 1.69 bits per heavy atom. The van der Waals surface area contributed by atoms with Crippen LogP contribution in [0, 0.1) is 26.7 Å². The lowest BCUT2D eigenvalue weighted by molar-refractivity contribution is -0.138. The third-order valence-corrected chi connectivity index (χ3v) is 5.36. The molecule has 0 spiro atoms. The number of aryl methyl sites for hydroxylation is 3. The van der Waals surface area contributed by atoms with Gasteiger partial charge in [0.05, 0.1) is 17.2 Å². The lowest BCUT2D eigenvalue weighted by Crippen LogP contribution is -2.19. The summed E-state index contributed by atoms with van der Waals surface area (Å²) in [5, 5.41) is 0. The standard InChI is InChI=1S/C23H25F3O3/c1-13-5-8-20(28-12-13)17-9-15(3)21(16(4)10-17)22(27)29-18-7-6-14(2)19(11-18)23(24,25)26/h6-7,9-11,13,20H,5,8,12H2,1-4H3. The van der Waals surface area contributed by atoms with E-state index in [1.165, 1.54) is 19.1 Å². The van der Waals surface area contributed by atoms with Crippen LogP contribution in [0.4, 0.5) is 13.2 Å². The van der Waals surface area contributed by atoms with Crippen molar-refractivity contribution >= 4 is 5.97 Å². The summed E-state index contributed by atoms with van der Waals surface area (Å²) < 4.78 is 50.5. The highest BCUT2D eigenvalue weighted by molar-refractivity contribution is 5.94. The van der Waals surface area contributed by atoms with Gasteiger partial charge in [0.15, 0.2) is 0 Å². The molecule has 1 fully saturated rings. The highest BCUT2D eigenvalue weighted by atomic mass is 19.4. The smallest absolute Gasteiger partial charge is 0.416 e. The second kappa shape index (κ2) is 8.19. The maximum absolute atomic E-state index is 13.1. The molecule has 2 atom stereocenters. The molecule has 1 heterocycles. The molecule has 0 N–H and O–H groups in total. The largest absolute Gasteiger partial charge is 0.423 e. The van der Waals surface area contributed by atoms with Crippen molar-refractivity contribution in [3.63, 3.8) is 0 Å². The summed E-state index contributed by atoms with van der Waals surface area (Å²) in [7, 11) is 0. The van der Waals surface area contributed by atoms with Crippen LogP contribution in [-0.2, 0) is 10.9 Å². The van der Waals surface area contributed by atoms with Crippen LogP contribution < -0.4 is 4.74 Å². The number of hydrogen-bond donors (Lipinski definition) is 0. The van der Waals surface area contributed by atoms with Crippen molar-refractivity contribution < 1.29 is 27.4 Å². The summed E-state index contributed by atoms with van der Waals surface area (Å²) in [6, 6.07) is 7.35. The van der Waals surface area contributed by atoms with Crippen LogP contribution in [0.25, 0.3) is 0 Å². The Kier molecular flexibility index (Phi) is 6.03. The van der Waals surface area contributed by atoms with Gasteiger partial charge in [0.25, 0.3) is 0 Å². The first-order valence-electron chi connectivity index (χ1n) is 9.69. The van der Waals surface area contributed by atoms with E-state index in [0.29, 0.717) is 18.1 Å². The number of rotatable bonds is 3. The number of halogens is 3. The number of alkyl halides is 3. The molecule has 156 valence electrons. The van der Waals surface area contributed by atoms with Gasteiger partial charge in [0.2, 0.25) is 0 Å². The minimum Gasteiger partial charge on any atom is -0.423 e. The highest BCUT2D eigenvalue weighted by Crippen LogP contribution is 2.35. The molecule has 2 unspecified atom stereocenters. The zero-order valence-corrected chi connectivity index (χ0v) is 17.0. The molecule has 0 saturated carbocycles. The molecule has 0 bridgehead atoms. The van der Waals surface area contributed by atoms with Crippen molar-refractivity contribution in [1.29, 1.82) is 0 Å². The maximum Gasteiger partial charge on any atom is 0.416 e. The molecule has 0 aromatic heterocycles. The molecular formula is C23H25F3O3. The van der Waals surface area contributed by atoms with E-state index in [0.717, 1.165) is 35.6 Å². The molecule has 1 saturated heterocycles. The molecule has 3 rings (SSSR count). The van der Waals surface area contributed by atoms with E-state index in [-0.39, 0.29) is 17.4 Å². The van der Waals surface area contributed by atoms with E-state index in [1.54, 1.807) is 13.8 Å². The second-order valence-corrected chi connectivity index (χ2v) is 7.90. The fraction of sp³-hybridized carbons (Fsp3) is 0.435. The lowest BCUT2D eigenvalue weighted by atomic mass is 9.92. The van der Waals surface area contributed by atoms with Gasteiger partial charge < -0.3 is 9.47 Å². The fourth-order valence-electron chi connectivity index (χ4n) is 3.78. The van der Waals surface area contributed by atoms with E-state index in [2.05, 4.69) is 6.92 Å². The SMILES string of the molecule is Cc1ccc(OC(=O)c2c(C)cc(C3CCC(C)CO3)cc2C)cc1C(F)(F)F. The van der Waals surface area contributed by atoms with E-state index in [1.807, 2.05) is 12.1 Å². The maximum atomic E-state index is 13.1. The fourth-order valence-corrected chi connectivity index (χ4v) is 3.78. The number of esters is 1. The number of hydrogen-bond acceptors (Lipinski definition) is 3. The Morgan fingerprint density at radius 3 is 2.24 bits per heavy atom. The number of ether oxygens (including phenoxy) is 2. The first-order valence-corrected chi connectivity index (χ1v) is 9.69. The minimum atomic E-state index is -4.50. The van der Waals surface area contributed by atoms with Gasteiger partial charge in [-0.15, -0.1) is 0 Å². The first-order chi connectivity index (χ1) is 13.6. The lowest BCUT2D eigenvalue weighted by Gasteiger charge is -2.28. The summed E-state index contributed by atoms with van der Waals surface area (Å²) in [5.41, 5.74) is 2.09. The Balaban J connectivity index is 1.83. The van der Waals surface area contributed by atoms with Gasteiger partial charge in [0.1, 0.15) is 5.75 Å². The Labute approximate surface area is 168 Å². The number of carbonyl (C=O) groups is 1. The van der Waals surface area contributed by atoms with Crippen molar-refractivity contribution in [2.75, 3.05) is 6.61 Å². The van der Waals surface area contributed by atoms with Gasteiger partial charge in [-0.3, -0.25) is 0 Å².